The minimum atomic E-state index is -0.251. The van der Waals surface area contributed by atoms with Crippen LogP contribution in [0.2, 0.25) is 0 Å². The molecule has 0 saturated carbocycles. The third kappa shape index (κ3) is 2.84. The Labute approximate surface area is 140 Å². The van der Waals surface area contributed by atoms with Crippen LogP contribution in [0.15, 0.2) is 63.0 Å². The lowest BCUT2D eigenvalue weighted by molar-refractivity contribution is -0.116. The van der Waals surface area contributed by atoms with Crippen molar-refractivity contribution in [2.45, 2.75) is 11.8 Å². The van der Waals surface area contributed by atoms with Gasteiger partial charge in [0.15, 0.2) is 5.04 Å². The van der Waals surface area contributed by atoms with E-state index >= 15 is 0 Å². The summed E-state index contributed by atoms with van der Waals surface area (Å²) in [5.41, 5.74) is 1.25. The maximum absolute atomic E-state index is 12.3. The number of hydrogen-bond donors (Lipinski definition) is 0. The van der Waals surface area contributed by atoms with Crippen molar-refractivity contribution in [2.75, 3.05) is 5.01 Å². The molecule has 6 heteroatoms. The van der Waals surface area contributed by atoms with Gasteiger partial charge >= 0.3 is 0 Å². The third-order valence-electron chi connectivity index (χ3n) is 3.09. The van der Waals surface area contributed by atoms with E-state index in [0.29, 0.717) is 16.3 Å². The first-order valence-corrected chi connectivity index (χ1v) is 8.13. The predicted octanol–water partition coefficient (Wildman–Crippen LogP) is 4.10. The lowest BCUT2D eigenvalue weighted by atomic mass is 10.1. The van der Waals surface area contributed by atoms with E-state index in [0.717, 1.165) is 9.37 Å². The maximum Gasteiger partial charge on any atom is 0.244 e. The fourth-order valence-corrected chi connectivity index (χ4v) is 3.27. The highest BCUT2D eigenvalue weighted by atomic mass is 79.9. The Balaban J connectivity index is 1.97. The quantitative estimate of drug-likeness (QED) is 0.743. The Morgan fingerprint density at radius 1 is 1.14 bits per heavy atom. The van der Waals surface area contributed by atoms with Gasteiger partial charge in [0.25, 0.3) is 0 Å². The molecule has 110 valence electrons. The summed E-state index contributed by atoms with van der Waals surface area (Å²) >= 11 is 4.64. The number of thioether (sulfide) groups is 1. The molecule has 1 aliphatic heterocycles. The maximum atomic E-state index is 12.3. The Bertz CT molecular complexity index is 787. The summed E-state index contributed by atoms with van der Waals surface area (Å²) in [6.07, 6.45) is 0. The van der Waals surface area contributed by atoms with Crippen molar-refractivity contribution in [1.29, 1.82) is 0 Å². The van der Waals surface area contributed by atoms with Gasteiger partial charge in [0.1, 0.15) is 0 Å². The van der Waals surface area contributed by atoms with Crippen molar-refractivity contribution in [2.24, 2.45) is 5.10 Å². The summed E-state index contributed by atoms with van der Waals surface area (Å²) in [4.78, 5) is 25.1. The molecule has 0 aromatic heterocycles. The lowest BCUT2D eigenvalue weighted by Gasteiger charge is -2.15. The molecule has 0 spiro atoms. The molecule has 0 radical (unpaired) electrons. The summed E-state index contributed by atoms with van der Waals surface area (Å²) in [6.45, 7) is 1.42. The molecular formula is C16H11BrN2O2S. The summed E-state index contributed by atoms with van der Waals surface area (Å²) in [5.74, 6) is -0.400. The largest absolute Gasteiger partial charge is 0.286 e. The van der Waals surface area contributed by atoms with Crippen LogP contribution in [0, 0.1) is 0 Å². The smallest absolute Gasteiger partial charge is 0.244 e. The van der Waals surface area contributed by atoms with Crippen LogP contribution in [0.5, 0.6) is 0 Å². The number of amides is 1. The van der Waals surface area contributed by atoms with E-state index in [9.17, 15) is 9.59 Å². The number of carbonyl (C=O) groups is 2. The standard InChI is InChI=1S/C16H11BrN2O2S/c1-10(20)19(12-8-6-11(17)7-9-12)18-16-15(21)13-4-2-3-5-14(13)22-16/h2-9H,1H3/b18-16-. The number of benzene rings is 2. The lowest BCUT2D eigenvalue weighted by Crippen LogP contribution is -2.24. The predicted molar refractivity (Wildman–Crippen MR) is 91.4 cm³/mol. The summed E-state index contributed by atoms with van der Waals surface area (Å²) < 4.78 is 0.908. The number of hydrazone groups is 1. The average molecular weight is 375 g/mol. The molecule has 22 heavy (non-hydrogen) atoms. The highest BCUT2D eigenvalue weighted by Crippen LogP contribution is 2.34. The average Bonchev–Trinajstić information content (AvgIpc) is 2.82. The van der Waals surface area contributed by atoms with Crippen molar-refractivity contribution < 1.29 is 9.59 Å². The van der Waals surface area contributed by atoms with Crippen molar-refractivity contribution in [3.05, 3.63) is 58.6 Å². The van der Waals surface area contributed by atoms with Gasteiger partial charge in [0, 0.05) is 21.9 Å². The van der Waals surface area contributed by atoms with Crippen LogP contribution in [0.1, 0.15) is 17.3 Å². The van der Waals surface area contributed by atoms with Crippen molar-refractivity contribution in [3.63, 3.8) is 0 Å². The van der Waals surface area contributed by atoms with E-state index in [1.54, 1.807) is 18.2 Å². The summed E-state index contributed by atoms with van der Waals surface area (Å²) in [7, 11) is 0. The zero-order valence-electron chi connectivity index (χ0n) is 11.6. The van der Waals surface area contributed by atoms with Crippen LogP contribution in [-0.2, 0) is 4.79 Å². The number of rotatable bonds is 2. The van der Waals surface area contributed by atoms with Crippen LogP contribution in [-0.4, -0.2) is 16.7 Å². The van der Waals surface area contributed by atoms with Gasteiger partial charge < -0.3 is 0 Å². The van der Waals surface area contributed by atoms with Crippen molar-refractivity contribution in [3.8, 4) is 0 Å². The second kappa shape index (κ2) is 6.06. The molecule has 1 heterocycles. The first kappa shape index (κ1) is 15.0. The fraction of sp³-hybridized carbons (Fsp3) is 0.0625. The molecule has 2 aromatic rings. The molecule has 0 saturated heterocycles. The molecule has 1 amide bonds. The number of nitrogens with zero attached hydrogens (tertiary/aromatic N) is 2. The van der Waals surface area contributed by atoms with E-state index in [1.807, 2.05) is 30.3 Å². The molecule has 0 aliphatic carbocycles. The van der Waals surface area contributed by atoms with Gasteiger partial charge in [-0.3, -0.25) is 9.59 Å². The molecular weight excluding hydrogens is 364 g/mol. The van der Waals surface area contributed by atoms with Crippen LogP contribution < -0.4 is 5.01 Å². The molecule has 0 unspecified atom stereocenters. The second-order valence-corrected chi connectivity index (χ2v) is 6.59. The Morgan fingerprint density at radius 2 is 1.82 bits per heavy atom. The number of ketones is 1. The highest BCUT2D eigenvalue weighted by Gasteiger charge is 2.28. The van der Waals surface area contributed by atoms with Gasteiger partial charge in [-0.1, -0.05) is 39.8 Å². The van der Waals surface area contributed by atoms with Gasteiger partial charge in [-0.15, -0.1) is 0 Å². The van der Waals surface area contributed by atoms with E-state index in [1.165, 1.54) is 23.7 Å². The number of Topliss-reactive ketones (excluding diaryl/α,β-unsaturated/α-hetero) is 1. The van der Waals surface area contributed by atoms with Crippen LogP contribution in [0.3, 0.4) is 0 Å². The Kier molecular flexibility index (Phi) is 4.13. The Morgan fingerprint density at radius 3 is 2.45 bits per heavy atom. The normalized spacial score (nSPS) is 15.0. The van der Waals surface area contributed by atoms with Crippen molar-refractivity contribution in [1.82, 2.24) is 0 Å². The zero-order valence-corrected chi connectivity index (χ0v) is 14.0. The first-order chi connectivity index (χ1) is 10.6. The first-order valence-electron chi connectivity index (χ1n) is 6.53. The van der Waals surface area contributed by atoms with Crippen LogP contribution in [0.25, 0.3) is 0 Å². The Hall–Kier alpha value is -1.92. The second-order valence-electron chi connectivity index (χ2n) is 4.64. The number of fused-ring (bicyclic) bond motifs is 1. The van der Waals surface area contributed by atoms with Gasteiger partial charge in [-0.25, -0.2) is 0 Å². The summed E-state index contributed by atoms with van der Waals surface area (Å²) in [5, 5.41) is 5.82. The van der Waals surface area contributed by atoms with Gasteiger partial charge in [0.05, 0.1) is 5.69 Å². The van der Waals surface area contributed by atoms with Gasteiger partial charge in [0.2, 0.25) is 11.7 Å². The molecule has 4 nitrogen and oxygen atoms in total. The minimum absolute atomic E-state index is 0.149. The van der Waals surface area contributed by atoms with E-state index in [-0.39, 0.29) is 11.7 Å². The number of hydrogen-bond acceptors (Lipinski definition) is 4. The summed E-state index contributed by atoms with van der Waals surface area (Å²) in [6, 6.07) is 14.5. The highest BCUT2D eigenvalue weighted by molar-refractivity contribution is 9.10. The van der Waals surface area contributed by atoms with Crippen LogP contribution >= 0.6 is 27.7 Å². The molecule has 0 bridgehead atoms. The molecule has 0 fully saturated rings. The minimum Gasteiger partial charge on any atom is -0.286 e. The number of carbonyl (C=O) groups excluding carboxylic acids is 2. The molecule has 1 aliphatic rings. The van der Waals surface area contributed by atoms with E-state index in [2.05, 4.69) is 21.0 Å². The molecule has 2 aromatic carbocycles. The molecule has 3 rings (SSSR count). The topological polar surface area (TPSA) is 49.7 Å². The van der Waals surface area contributed by atoms with Crippen LogP contribution in [0.4, 0.5) is 5.69 Å². The van der Waals surface area contributed by atoms with E-state index < -0.39 is 0 Å². The molecule has 0 atom stereocenters. The van der Waals surface area contributed by atoms with Crippen molar-refractivity contribution >= 4 is 50.1 Å². The fourth-order valence-electron chi connectivity index (χ4n) is 2.06. The zero-order chi connectivity index (χ0) is 15.7. The number of anilines is 1. The molecule has 0 N–H and O–H groups in total. The third-order valence-corrected chi connectivity index (χ3v) is 4.66. The SMILES string of the molecule is CC(=O)N(/N=C1\Sc2ccccc2C1=O)c1ccc(Br)cc1. The number of halogens is 1. The van der Waals surface area contributed by atoms with Gasteiger partial charge in [-0.2, -0.15) is 10.1 Å². The van der Waals surface area contributed by atoms with Gasteiger partial charge in [-0.05, 0) is 36.4 Å². The van der Waals surface area contributed by atoms with E-state index in [4.69, 9.17) is 0 Å². The monoisotopic (exact) mass is 374 g/mol.